The van der Waals surface area contributed by atoms with Crippen molar-refractivity contribution in [1.29, 1.82) is 5.26 Å². The Kier molecular flexibility index (Phi) is 2.84. The lowest BCUT2D eigenvalue weighted by atomic mass is 10.2. The predicted octanol–water partition coefficient (Wildman–Crippen LogP) is 2.57. The van der Waals surface area contributed by atoms with Gasteiger partial charge in [0.15, 0.2) is 5.78 Å². The number of carbonyl (C=O) groups is 1. The van der Waals surface area contributed by atoms with Crippen LogP contribution in [0.2, 0.25) is 0 Å². The Bertz CT molecular complexity index is 535. The topological polar surface area (TPSA) is 45.8 Å². The summed E-state index contributed by atoms with van der Waals surface area (Å²) in [5.74, 6) is -0.156. The van der Waals surface area contributed by atoms with Crippen molar-refractivity contribution in [3.63, 3.8) is 0 Å². The molecule has 16 heavy (non-hydrogen) atoms. The van der Waals surface area contributed by atoms with E-state index in [-0.39, 0.29) is 12.2 Å². The Hall–Kier alpha value is -2.34. The molecule has 0 radical (unpaired) electrons. The average molecular weight is 210 g/mol. The van der Waals surface area contributed by atoms with Gasteiger partial charge in [0.2, 0.25) is 0 Å². The number of hydrogen-bond donors (Lipinski definition) is 0. The molecule has 0 aliphatic carbocycles. The third-order valence-electron chi connectivity index (χ3n) is 2.31. The summed E-state index contributed by atoms with van der Waals surface area (Å²) in [6.07, 6.45) is 1.73. The van der Waals surface area contributed by atoms with Gasteiger partial charge in [0, 0.05) is 11.9 Å². The van der Waals surface area contributed by atoms with Crippen molar-refractivity contribution in [2.24, 2.45) is 0 Å². The zero-order valence-corrected chi connectivity index (χ0v) is 8.63. The van der Waals surface area contributed by atoms with Crippen LogP contribution in [0.15, 0.2) is 48.7 Å². The maximum atomic E-state index is 11.7. The van der Waals surface area contributed by atoms with Gasteiger partial charge in [0.25, 0.3) is 0 Å². The van der Waals surface area contributed by atoms with Gasteiger partial charge in [-0.25, -0.2) is 0 Å². The minimum Gasteiger partial charge on any atom is -0.314 e. The molecule has 0 bridgehead atoms. The molecule has 0 unspecified atom stereocenters. The van der Waals surface area contributed by atoms with Gasteiger partial charge < -0.3 is 4.57 Å². The second-order valence-corrected chi connectivity index (χ2v) is 3.36. The van der Waals surface area contributed by atoms with Crippen molar-refractivity contribution in [3.05, 3.63) is 54.4 Å². The summed E-state index contributed by atoms with van der Waals surface area (Å²) in [6, 6.07) is 15.0. The Labute approximate surface area is 93.6 Å². The molecule has 2 aromatic rings. The fourth-order valence-electron chi connectivity index (χ4n) is 1.58. The Morgan fingerprint density at radius 2 is 1.94 bits per heavy atom. The number of aromatic nitrogens is 1. The molecule has 0 aliphatic rings. The lowest BCUT2D eigenvalue weighted by Crippen LogP contribution is -2.05. The zero-order chi connectivity index (χ0) is 11.4. The number of nitriles is 1. The largest absolute Gasteiger partial charge is 0.314 e. The molecule has 1 aromatic heterocycles. The van der Waals surface area contributed by atoms with Crippen LogP contribution in [-0.4, -0.2) is 10.4 Å². The summed E-state index contributed by atoms with van der Waals surface area (Å²) < 4.78 is 1.79. The molecule has 0 fully saturated rings. The fraction of sp³-hybridized carbons (Fsp3) is 0.0769. The third kappa shape index (κ3) is 1.86. The van der Waals surface area contributed by atoms with E-state index >= 15 is 0 Å². The van der Waals surface area contributed by atoms with E-state index in [0.717, 1.165) is 5.69 Å². The maximum Gasteiger partial charge on any atom is 0.193 e. The first kappa shape index (κ1) is 10.2. The molecule has 1 aromatic carbocycles. The number of rotatable bonds is 3. The van der Waals surface area contributed by atoms with Crippen LogP contribution in [0, 0.1) is 11.3 Å². The number of hydrogen-bond acceptors (Lipinski definition) is 2. The summed E-state index contributed by atoms with van der Waals surface area (Å²) >= 11 is 0. The number of ketones is 1. The molecule has 0 spiro atoms. The molecule has 0 aliphatic heterocycles. The Morgan fingerprint density at radius 3 is 2.62 bits per heavy atom. The maximum absolute atomic E-state index is 11.7. The van der Waals surface area contributed by atoms with Gasteiger partial charge in [0.05, 0.1) is 11.8 Å². The predicted molar refractivity (Wildman–Crippen MR) is 60.3 cm³/mol. The first-order valence-corrected chi connectivity index (χ1v) is 4.96. The van der Waals surface area contributed by atoms with E-state index in [1.807, 2.05) is 42.6 Å². The highest BCUT2D eigenvalue weighted by Crippen LogP contribution is 2.13. The van der Waals surface area contributed by atoms with Crippen molar-refractivity contribution < 1.29 is 4.79 Å². The van der Waals surface area contributed by atoms with Gasteiger partial charge in [-0.2, -0.15) is 5.26 Å². The second-order valence-electron chi connectivity index (χ2n) is 3.36. The zero-order valence-electron chi connectivity index (χ0n) is 8.63. The van der Waals surface area contributed by atoms with Crippen LogP contribution in [0.3, 0.4) is 0 Å². The van der Waals surface area contributed by atoms with Crippen LogP contribution >= 0.6 is 0 Å². The molecule has 0 atom stereocenters. The molecule has 0 amide bonds. The summed E-state index contributed by atoms with van der Waals surface area (Å²) in [5, 5.41) is 8.52. The quantitative estimate of drug-likeness (QED) is 0.731. The smallest absolute Gasteiger partial charge is 0.193 e. The van der Waals surface area contributed by atoms with Crippen molar-refractivity contribution >= 4 is 5.78 Å². The normalized spacial score (nSPS) is 9.69. The van der Waals surface area contributed by atoms with E-state index in [2.05, 4.69) is 0 Å². The molecular weight excluding hydrogens is 200 g/mol. The first-order chi connectivity index (χ1) is 7.83. The monoisotopic (exact) mass is 210 g/mol. The van der Waals surface area contributed by atoms with Gasteiger partial charge in [-0.3, -0.25) is 4.79 Å². The van der Waals surface area contributed by atoms with Gasteiger partial charge in [-0.05, 0) is 24.3 Å². The summed E-state index contributed by atoms with van der Waals surface area (Å²) in [7, 11) is 0. The van der Waals surface area contributed by atoms with Crippen molar-refractivity contribution in [2.75, 3.05) is 0 Å². The molecule has 1 heterocycles. The number of Topliss-reactive ketones (excluding diaryl/α,β-unsaturated/α-hetero) is 1. The van der Waals surface area contributed by atoms with Crippen LogP contribution in [0.5, 0.6) is 0 Å². The summed E-state index contributed by atoms with van der Waals surface area (Å²) in [6.45, 7) is 0. The van der Waals surface area contributed by atoms with Gasteiger partial charge in [0.1, 0.15) is 6.42 Å². The number of benzene rings is 1. The Balaban J connectivity index is 2.41. The van der Waals surface area contributed by atoms with Crippen molar-refractivity contribution in [2.45, 2.75) is 6.42 Å². The molecular formula is C13H10N2O. The van der Waals surface area contributed by atoms with Crippen LogP contribution in [0.1, 0.15) is 16.9 Å². The summed E-state index contributed by atoms with van der Waals surface area (Å²) in [4.78, 5) is 11.7. The minimum absolute atomic E-state index is 0.0865. The molecule has 2 rings (SSSR count). The summed E-state index contributed by atoms with van der Waals surface area (Å²) in [5.41, 5.74) is 1.47. The number of carbonyl (C=O) groups excluding carboxylic acids is 1. The van der Waals surface area contributed by atoms with Gasteiger partial charge >= 0.3 is 0 Å². The standard InChI is InChI=1S/C13H10N2O/c14-9-8-13(16)12-7-4-10-15(12)11-5-2-1-3-6-11/h1-7,10H,8H2. The van der Waals surface area contributed by atoms with E-state index in [9.17, 15) is 4.79 Å². The highest BCUT2D eigenvalue weighted by Gasteiger charge is 2.10. The van der Waals surface area contributed by atoms with E-state index in [4.69, 9.17) is 5.26 Å². The average Bonchev–Trinajstić information content (AvgIpc) is 2.79. The first-order valence-electron chi connectivity index (χ1n) is 4.96. The minimum atomic E-state index is -0.156. The van der Waals surface area contributed by atoms with Crippen LogP contribution in [0.4, 0.5) is 0 Å². The molecule has 78 valence electrons. The van der Waals surface area contributed by atoms with E-state index in [0.29, 0.717) is 5.69 Å². The van der Waals surface area contributed by atoms with E-state index < -0.39 is 0 Å². The molecule has 0 saturated heterocycles. The van der Waals surface area contributed by atoms with Gasteiger partial charge in [-0.1, -0.05) is 18.2 Å². The van der Waals surface area contributed by atoms with Crippen molar-refractivity contribution in [3.8, 4) is 11.8 Å². The third-order valence-corrected chi connectivity index (χ3v) is 2.31. The highest BCUT2D eigenvalue weighted by atomic mass is 16.1. The van der Waals surface area contributed by atoms with Crippen LogP contribution < -0.4 is 0 Å². The lowest BCUT2D eigenvalue weighted by molar-refractivity contribution is 0.0991. The number of para-hydroxylation sites is 1. The highest BCUT2D eigenvalue weighted by molar-refractivity contribution is 5.96. The second kappa shape index (κ2) is 4.45. The molecule has 0 N–H and O–H groups in total. The molecule has 3 nitrogen and oxygen atoms in total. The van der Waals surface area contributed by atoms with Crippen LogP contribution in [-0.2, 0) is 0 Å². The van der Waals surface area contributed by atoms with Crippen LogP contribution in [0.25, 0.3) is 5.69 Å². The number of nitrogens with zero attached hydrogens (tertiary/aromatic N) is 2. The fourth-order valence-corrected chi connectivity index (χ4v) is 1.58. The SMILES string of the molecule is N#CCC(=O)c1cccn1-c1ccccc1. The van der Waals surface area contributed by atoms with E-state index in [1.165, 1.54) is 0 Å². The Morgan fingerprint density at radius 1 is 1.19 bits per heavy atom. The van der Waals surface area contributed by atoms with E-state index in [1.54, 1.807) is 16.7 Å². The lowest BCUT2D eigenvalue weighted by Gasteiger charge is -2.06. The molecule has 3 heteroatoms. The van der Waals surface area contributed by atoms with Crippen molar-refractivity contribution in [1.82, 2.24) is 4.57 Å². The van der Waals surface area contributed by atoms with Gasteiger partial charge in [-0.15, -0.1) is 0 Å². The molecule has 0 saturated carbocycles.